The molecule has 1 heterocycles. The molecule has 0 unspecified atom stereocenters. The Labute approximate surface area is 140 Å². The smallest absolute Gasteiger partial charge is 0.251 e. The zero-order valence-corrected chi connectivity index (χ0v) is 14.2. The highest BCUT2D eigenvalue weighted by Crippen LogP contribution is 2.21. The minimum absolute atomic E-state index is 0.0373. The molecule has 0 spiro atoms. The molecule has 1 saturated carbocycles. The highest BCUT2D eigenvalue weighted by molar-refractivity contribution is 7.89. The maximum atomic E-state index is 12.2. The van der Waals surface area contributed by atoms with Gasteiger partial charge in [-0.1, -0.05) is 6.42 Å². The van der Waals surface area contributed by atoms with Gasteiger partial charge in [0.15, 0.2) is 0 Å². The van der Waals surface area contributed by atoms with Crippen LogP contribution >= 0.6 is 0 Å². The fourth-order valence-electron chi connectivity index (χ4n) is 2.44. The van der Waals surface area contributed by atoms with Crippen molar-refractivity contribution in [1.29, 1.82) is 0 Å². The maximum absolute atomic E-state index is 12.2. The van der Waals surface area contributed by atoms with E-state index in [2.05, 4.69) is 20.2 Å². The topological polar surface area (TPSA) is 104 Å². The predicted octanol–water partition coefficient (Wildman–Crippen LogP) is 1.48. The van der Waals surface area contributed by atoms with E-state index in [-0.39, 0.29) is 16.8 Å². The zero-order valence-electron chi connectivity index (χ0n) is 13.4. The van der Waals surface area contributed by atoms with Crippen LogP contribution in [0.1, 0.15) is 41.0 Å². The first-order chi connectivity index (χ1) is 11.4. The number of sulfonamides is 1. The molecule has 24 heavy (non-hydrogen) atoms. The summed E-state index contributed by atoms with van der Waals surface area (Å²) in [6.45, 7) is 2.20. The van der Waals surface area contributed by atoms with Crippen molar-refractivity contribution >= 4 is 15.9 Å². The number of carbonyl (C=O) groups is 1. The first-order valence-corrected chi connectivity index (χ1v) is 9.34. The van der Waals surface area contributed by atoms with Gasteiger partial charge in [-0.25, -0.2) is 13.1 Å². The molecule has 1 aromatic heterocycles. The van der Waals surface area contributed by atoms with Crippen molar-refractivity contribution in [3.8, 4) is 0 Å². The summed E-state index contributed by atoms with van der Waals surface area (Å²) in [5, 5.41) is 9.60. The molecular formula is C16H20N4O3S. The van der Waals surface area contributed by atoms with Gasteiger partial charge in [0.2, 0.25) is 10.0 Å². The second-order valence-electron chi connectivity index (χ2n) is 6.00. The van der Waals surface area contributed by atoms with E-state index >= 15 is 0 Å². The first-order valence-electron chi connectivity index (χ1n) is 7.85. The summed E-state index contributed by atoms with van der Waals surface area (Å²) in [6, 6.07) is 7.82. The van der Waals surface area contributed by atoms with Crippen LogP contribution in [0.15, 0.2) is 35.2 Å². The van der Waals surface area contributed by atoms with Crippen LogP contribution in [-0.2, 0) is 16.6 Å². The van der Waals surface area contributed by atoms with Crippen molar-refractivity contribution in [1.82, 2.24) is 20.2 Å². The Kier molecular flexibility index (Phi) is 4.68. The van der Waals surface area contributed by atoms with Crippen LogP contribution in [-0.4, -0.2) is 30.6 Å². The molecule has 1 aromatic carbocycles. The van der Waals surface area contributed by atoms with Gasteiger partial charge in [-0.05, 0) is 50.1 Å². The van der Waals surface area contributed by atoms with Crippen molar-refractivity contribution < 1.29 is 13.2 Å². The summed E-state index contributed by atoms with van der Waals surface area (Å²) in [7, 11) is -3.51. The predicted molar refractivity (Wildman–Crippen MR) is 88.9 cm³/mol. The van der Waals surface area contributed by atoms with Crippen molar-refractivity contribution in [3.05, 3.63) is 47.3 Å². The number of amides is 1. The van der Waals surface area contributed by atoms with Gasteiger partial charge in [-0.3, -0.25) is 9.89 Å². The first kappa shape index (κ1) is 16.7. The fourth-order valence-corrected chi connectivity index (χ4v) is 3.74. The molecule has 1 amide bonds. The molecule has 3 N–H and O–H groups in total. The van der Waals surface area contributed by atoms with Crippen LogP contribution in [0, 0.1) is 6.92 Å². The summed E-state index contributed by atoms with van der Waals surface area (Å²) in [4.78, 5) is 12.3. The van der Waals surface area contributed by atoms with Crippen LogP contribution in [0.2, 0.25) is 0 Å². The normalized spacial score (nSPS) is 15.0. The Bertz CT molecular complexity index is 823. The number of aryl methyl sites for hydroxylation is 1. The molecule has 0 bridgehead atoms. The number of aromatic nitrogens is 2. The Morgan fingerprint density at radius 1 is 1.29 bits per heavy atom. The molecule has 0 radical (unpaired) electrons. The molecule has 0 atom stereocenters. The van der Waals surface area contributed by atoms with Crippen molar-refractivity contribution in [3.63, 3.8) is 0 Å². The fraction of sp³-hybridized carbons (Fsp3) is 0.375. The van der Waals surface area contributed by atoms with E-state index in [9.17, 15) is 13.2 Å². The summed E-state index contributed by atoms with van der Waals surface area (Å²) in [6.07, 6.45) is 2.82. The van der Waals surface area contributed by atoms with Crippen LogP contribution in [0.4, 0.5) is 0 Å². The number of rotatable bonds is 6. The average Bonchev–Trinajstić information content (AvgIpc) is 2.94. The molecule has 7 nitrogen and oxygen atoms in total. The Morgan fingerprint density at radius 2 is 2.00 bits per heavy atom. The number of benzene rings is 1. The molecule has 8 heteroatoms. The van der Waals surface area contributed by atoms with Gasteiger partial charge >= 0.3 is 0 Å². The molecule has 1 fully saturated rings. The van der Waals surface area contributed by atoms with Gasteiger partial charge in [0.25, 0.3) is 5.91 Å². The molecular weight excluding hydrogens is 328 g/mol. The summed E-state index contributed by atoms with van der Waals surface area (Å²) in [5.74, 6) is -0.272. The number of aromatic amines is 1. The highest BCUT2D eigenvalue weighted by atomic mass is 32.2. The van der Waals surface area contributed by atoms with E-state index in [0.717, 1.165) is 30.7 Å². The van der Waals surface area contributed by atoms with Gasteiger partial charge in [-0.2, -0.15) is 5.10 Å². The number of nitrogens with one attached hydrogen (secondary N) is 3. The number of nitrogens with zero attached hydrogens (tertiary/aromatic N) is 1. The van der Waals surface area contributed by atoms with Crippen molar-refractivity contribution in [2.75, 3.05) is 0 Å². The standard InChI is InChI=1S/C16H20N4O3S/c1-11-9-14(19-18-11)10-17-16(21)12-5-7-15(8-6-12)24(22,23)20-13-3-2-4-13/h5-9,13,20H,2-4,10H2,1H3,(H,17,21)(H,18,19). The summed E-state index contributed by atoms with van der Waals surface area (Å²) in [5.41, 5.74) is 2.07. The lowest BCUT2D eigenvalue weighted by molar-refractivity contribution is 0.0950. The van der Waals surface area contributed by atoms with Crippen molar-refractivity contribution in [2.45, 2.75) is 43.7 Å². The van der Waals surface area contributed by atoms with E-state index in [1.54, 1.807) is 0 Å². The van der Waals surface area contributed by atoms with E-state index in [1.807, 2.05) is 13.0 Å². The minimum atomic E-state index is -3.51. The summed E-state index contributed by atoms with van der Waals surface area (Å²) >= 11 is 0. The Morgan fingerprint density at radius 3 is 2.54 bits per heavy atom. The molecule has 0 aliphatic heterocycles. The van der Waals surface area contributed by atoms with Gasteiger partial charge in [0, 0.05) is 17.3 Å². The van der Waals surface area contributed by atoms with Crippen LogP contribution in [0.25, 0.3) is 0 Å². The Balaban J connectivity index is 1.61. The molecule has 3 rings (SSSR count). The number of H-pyrrole nitrogens is 1. The van der Waals surface area contributed by atoms with E-state index in [0.29, 0.717) is 12.1 Å². The van der Waals surface area contributed by atoms with E-state index < -0.39 is 10.0 Å². The van der Waals surface area contributed by atoms with Gasteiger partial charge in [0.05, 0.1) is 17.1 Å². The molecule has 1 aliphatic carbocycles. The lowest BCUT2D eigenvalue weighted by Crippen LogP contribution is -2.39. The largest absolute Gasteiger partial charge is 0.346 e. The second kappa shape index (κ2) is 6.74. The third-order valence-corrected chi connectivity index (χ3v) is 5.58. The van der Waals surface area contributed by atoms with Gasteiger partial charge in [-0.15, -0.1) is 0 Å². The van der Waals surface area contributed by atoms with Crippen LogP contribution < -0.4 is 10.0 Å². The number of carbonyl (C=O) groups excluding carboxylic acids is 1. The van der Waals surface area contributed by atoms with Crippen molar-refractivity contribution in [2.24, 2.45) is 0 Å². The maximum Gasteiger partial charge on any atom is 0.251 e. The van der Waals surface area contributed by atoms with Gasteiger partial charge in [0.1, 0.15) is 0 Å². The van der Waals surface area contributed by atoms with Gasteiger partial charge < -0.3 is 5.32 Å². The SMILES string of the molecule is Cc1cc(CNC(=O)c2ccc(S(=O)(=O)NC3CCC3)cc2)n[nH]1. The monoisotopic (exact) mass is 348 g/mol. The third kappa shape index (κ3) is 3.82. The van der Waals surface area contributed by atoms with E-state index in [4.69, 9.17) is 0 Å². The van der Waals surface area contributed by atoms with Crippen LogP contribution in [0.3, 0.4) is 0 Å². The van der Waals surface area contributed by atoms with Crippen LogP contribution in [0.5, 0.6) is 0 Å². The molecule has 1 aliphatic rings. The highest BCUT2D eigenvalue weighted by Gasteiger charge is 2.24. The lowest BCUT2D eigenvalue weighted by Gasteiger charge is -2.26. The molecule has 2 aromatic rings. The number of hydrogen-bond acceptors (Lipinski definition) is 4. The quantitative estimate of drug-likeness (QED) is 0.735. The third-order valence-electron chi connectivity index (χ3n) is 4.04. The second-order valence-corrected chi connectivity index (χ2v) is 7.71. The Hall–Kier alpha value is -2.19. The van der Waals surface area contributed by atoms with E-state index in [1.165, 1.54) is 24.3 Å². The lowest BCUT2D eigenvalue weighted by atomic mass is 9.94. The zero-order chi connectivity index (χ0) is 17.2. The molecule has 0 saturated heterocycles. The minimum Gasteiger partial charge on any atom is -0.346 e. The summed E-state index contributed by atoms with van der Waals surface area (Å²) < 4.78 is 27.1. The molecule has 128 valence electrons. The number of hydrogen-bond donors (Lipinski definition) is 3. The average molecular weight is 348 g/mol.